The van der Waals surface area contributed by atoms with E-state index in [1.54, 1.807) is 24.3 Å². The number of hydrogen-bond donors (Lipinski definition) is 3. The first kappa shape index (κ1) is 24.3. The third kappa shape index (κ3) is 5.56. The number of aromatic carboxylic acids is 1. The normalized spacial score (nSPS) is 11.6. The third-order valence-electron chi connectivity index (χ3n) is 5.69. The van der Waals surface area contributed by atoms with Crippen LogP contribution in [-0.2, 0) is 4.79 Å². The second-order valence-corrected chi connectivity index (χ2v) is 9.14. The molecule has 0 spiro atoms. The third-order valence-corrected chi connectivity index (χ3v) is 6.16. The van der Waals surface area contributed by atoms with E-state index in [1.165, 1.54) is 12.2 Å². The number of nitrogens with zero attached hydrogens (tertiary/aromatic N) is 1. The molecule has 3 aromatic carbocycles. The molecule has 5 rings (SSSR count). The summed E-state index contributed by atoms with van der Waals surface area (Å²) in [6.07, 6.45) is 6.57. The molecular formula is C29H19Cl2N3O3. The van der Waals surface area contributed by atoms with E-state index in [4.69, 9.17) is 23.2 Å². The van der Waals surface area contributed by atoms with Crippen molar-refractivity contribution in [2.45, 2.75) is 0 Å². The Morgan fingerprint density at radius 1 is 0.892 bits per heavy atom. The van der Waals surface area contributed by atoms with Crippen LogP contribution in [0.2, 0.25) is 10.0 Å². The average molecular weight is 528 g/mol. The van der Waals surface area contributed by atoms with Crippen LogP contribution in [0.4, 0.5) is 5.69 Å². The van der Waals surface area contributed by atoms with Gasteiger partial charge in [-0.25, -0.2) is 9.78 Å². The number of carbonyl (C=O) groups is 2. The van der Waals surface area contributed by atoms with E-state index in [9.17, 15) is 14.7 Å². The van der Waals surface area contributed by atoms with Crippen molar-refractivity contribution in [2.75, 3.05) is 5.32 Å². The summed E-state index contributed by atoms with van der Waals surface area (Å²) in [5, 5.41) is 15.1. The monoisotopic (exact) mass is 527 g/mol. The fraction of sp³-hybridized carbons (Fsp3) is 0. The van der Waals surface area contributed by atoms with Crippen LogP contribution in [0.5, 0.6) is 0 Å². The molecule has 0 radical (unpaired) electrons. The lowest BCUT2D eigenvalue weighted by Crippen LogP contribution is -2.08. The maximum atomic E-state index is 12.6. The van der Waals surface area contributed by atoms with Crippen molar-refractivity contribution in [3.63, 3.8) is 0 Å². The number of carboxylic acids is 1. The largest absolute Gasteiger partial charge is 0.477 e. The zero-order valence-electron chi connectivity index (χ0n) is 19.2. The lowest BCUT2D eigenvalue weighted by Gasteiger charge is -2.04. The number of carboxylic acid groups (broad SMARTS) is 1. The fourth-order valence-corrected chi connectivity index (χ4v) is 4.32. The van der Waals surface area contributed by atoms with Gasteiger partial charge >= 0.3 is 5.97 Å². The Morgan fingerprint density at radius 3 is 2.51 bits per heavy atom. The number of H-pyrrole nitrogens is 1. The quantitative estimate of drug-likeness (QED) is 0.199. The van der Waals surface area contributed by atoms with Gasteiger partial charge in [-0.05, 0) is 60.2 Å². The summed E-state index contributed by atoms with van der Waals surface area (Å²) in [5.41, 5.74) is 4.02. The minimum absolute atomic E-state index is 0.0157. The number of carbonyl (C=O) groups excluding carboxylic acids is 1. The van der Waals surface area contributed by atoms with Gasteiger partial charge in [-0.15, -0.1) is 0 Å². The Balaban J connectivity index is 1.32. The number of fused-ring (bicyclic) bond motifs is 2. The average Bonchev–Trinajstić information content (AvgIpc) is 3.24. The van der Waals surface area contributed by atoms with E-state index in [2.05, 4.69) is 15.3 Å². The Bertz CT molecular complexity index is 1740. The summed E-state index contributed by atoms with van der Waals surface area (Å²) in [7, 11) is 0. The van der Waals surface area contributed by atoms with Crippen LogP contribution >= 0.6 is 23.2 Å². The predicted molar refractivity (Wildman–Crippen MR) is 150 cm³/mol. The summed E-state index contributed by atoms with van der Waals surface area (Å²) in [6, 6.07) is 21.9. The molecule has 5 aromatic rings. The number of amides is 1. The van der Waals surface area contributed by atoms with Crippen LogP contribution in [0.15, 0.2) is 78.9 Å². The number of hydrogen-bond acceptors (Lipinski definition) is 3. The van der Waals surface area contributed by atoms with Crippen LogP contribution < -0.4 is 5.32 Å². The number of benzene rings is 3. The molecule has 182 valence electrons. The van der Waals surface area contributed by atoms with Crippen molar-refractivity contribution >= 4 is 80.8 Å². The molecule has 37 heavy (non-hydrogen) atoms. The van der Waals surface area contributed by atoms with Crippen molar-refractivity contribution in [2.24, 2.45) is 0 Å². The highest BCUT2D eigenvalue weighted by Crippen LogP contribution is 2.27. The van der Waals surface area contributed by atoms with Crippen LogP contribution in [0.1, 0.15) is 27.3 Å². The maximum Gasteiger partial charge on any atom is 0.352 e. The van der Waals surface area contributed by atoms with E-state index in [0.29, 0.717) is 32.2 Å². The van der Waals surface area contributed by atoms with Crippen molar-refractivity contribution in [1.82, 2.24) is 9.97 Å². The van der Waals surface area contributed by atoms with Gasteiger partial charge in [-0.1, -0.05) is 59.6 Å². The number of anilines is 1. The van der Waals surface area contributed by atoms with E-state index < -0.39 is 11.9 Å². The smallest absolute Gasteiger partial charge is 0.352 e. The van der Waals surface area contributed by atoms with Gasteiger partial charge < -0.3 is 15.4 Å². The van der Waals surface area contributed by atoms with Crippen molar-refractivity contribution in [3.05, 3.63) is 111 Å². The number of aromatic nitrogens is 2. The molecule has 2 heterocycles. The number of aromatic amines is 1. The zero-order valence-corrected chi connectivity index (χ0v) is 20.7. The molecule has 0 bridgehead atoms. The SMILES string of the molecule is O=C(/C=C/c1c(C(=O)O)[nH]c2cc(Cl)ccc12)Nc1cccc(/C=C/c2ccc3ccc(Cl)cc3n2)c1. The molecule has 2 aromatic heterocycles. The van der Waals surface area contributed by atoms with Gasteiger partial charge in [0.2, 0.25) is 5.91 Å². The molecule has 6 nitrogen and oxygen atoms in total. The highest BCUT2D eigenvalue weighted by molar-refractivity contribution is 6.31. The first-order valence-electron chi connectivity index (χ1n) is 11.2. The molecule has 0 atom stereocenters. The Morgan fingerprint density at radius 2 is 1.68 bits per heavy atom. The topological polar surface area (TPSA) is 95.1 Å². The maximum absolute atomic E-state index is 12.6. The summed E-state index contributed by atoms with van der Waals surface area (Å²) in [4.78, 5) is 31.7. The second-order valence-electron chi connectivity index (χ2n) is 8.26. The highest BCUT2D eigenvalue weighted by Gasteiger charge is 2.15. The van der Waals surface area contributed by atoms with Gasteiger partial charge in [0.25, 0.3) is 0 Å². The van der Waals surface area contributed by atoms with Crippen LogP contribution in [-0.4, -0.2) is 27.0 Å². The van der Waals surface area contributed by atoms with Gasteiger partial charge in [0.05, 0.1) is 11.2 Å². The van der Waals surface area contributed by atoms with Gasteiger partial charge in [0.1, 0.15) is 5.69 Å². The Kier molecular flexibility index (Phi) is 6.77. The van der Waals surface area contributed by atoms with Gasteiger partial charge in [0, 0.05) is 43.7 Å². The molecule has 1 amide bonds. The minimum Gasteiger partial charge on any atom is -0.477 e. The summed E-state index contributed by atoms with van der Waals surface area (Å²) in [5.74, 6) is -1.52. The molecule has 0 saturated heterocycles. The summed E-state index contributed by atoms with van der Waals surface area (Å²) in [6.45, 7) is 0. The molecule has 0 unspecified atom stereocenters. The lowest BCUT2D eigenvalue weighted by atomic mass is 10.1. The zero-order chi connectivity index (χ0) is 25.9. The van der Waals surface area contributed by atoms with E-state index in [1.807, 2.05) is 60.7 Å². The second kappa shape index (κ2) is 10.3. The number of rotatable bonds is 6. The summed E-state index contributed by atoms with van der Waals surface area (Å²) < 4.78 is 0. The first-order valence-corrected chi connectivity index (χ1v) is 12.0. The van der Waals surface area contributed by atoms with Crippen LogP contribution in [0, 0.1) is 0 Å². The first-order chi connectivity index (χ1) is 17.9. The Hall–Kier alpha value is -4.39. The number of nitrogens with one attached hydrogen (secondary N) is 2. The highest BCUT2D eigenvalue weighted by atomic mass is 35.5. The van der Waals surface area contributed by atoms with E-state index >= 15 is 0 Å². The Labute approximate surface area is 221 Å². The standard InChI is InChI=1S/C29H19Cl2N3O3/c30-19-7-5-18-6-10-21(32-25(18)15-19)9-4-17-2-1-3-22(14-17)33-27(35)13-12-24-23-11-8-20(31)16-26(23)34-28(24)29(36)37/h1-16,34H,(H,33,35)(H,36,37)/b9-4+,13-12+. The molecular weight excluding hydrogens is 509 g/mol. The molecule has 3 N–H and O–H groups in total. The summed E-state index contributed by atoms with van der Waals surface area (Å²) >= 11 is 12.1. The van der Waals surface area contributed by atoms with E-state index in [-0.39, 0.29) is 5.69 Å². The number of pyridine rings is 1. The molecule has 0 aliphatic rings. The van der Waals surface area contributed by atoms with E-state index in [0.717, 1.165) is 22.2 Å². The van der Waals surface area contributed by atoms with Gasteiger partial charge in [-0.3, -0.25) is 4.79 Å². The predicted octanol–water partition coefficient (Wildman–Crippen LogP) is 7.54. The number of halogens is 2. The molecule has 0 aliphatic heterocycles. The molecule has 0 fully saturated rings. The van der Waals surface area contributed by atoms with Gasteiger partial charge in [0.15, 0.2) is 0 Å². The van der Waals surface area contributed by atoms with Crippen molar-refractivity contribution in [1.29, 1.82) is 0 Å². The molecule has 8 heteroatoms. The molecule has 0 saturated carbocycles. The fourth-order valence-electron chi connectivity index (χ4n) is 3.98. The van der Waals surface area contributed by atoms with Gasteiger partial charge in [-0.2, -0.15) is 0 Å². The van der Waals surface area contributed by atoms with Crippen molar-refractivity contribution < 1.29 is 14.7 Å². The van der Waals surface area contributed by atoms with Crippen LogP contribution in [0.3, 0.4) is 0 Å². The van der Waals surface area contributed by atoms with Crippen molar-refractivity contribution in [3.8, 4) is 0 Å². The van der Waals surface area contributed by atoms with Crippen LogP contribution in [0.25, 0.3) is 40.0 Å². The molecule has 0 aliphatic carbocycles. The lowest BCUT2D eigenvalue weighted by molar-refractivity contribution is -0.111. The minimum atomic E-state index is -1.13.